The SMILES string of the molecule is CC1CCCN(c2cc(N3CCN(S(=O)(=O)Cc4ccon4)CC3)ncn2)C1. The Morgan fingerprint density at radius 2 is 1.86 bits per heavy atom. The molecule has 28 heavy (non-hydrogen) atoms. The van der Waals surface area contributed by atoms with Crippen LogP contribution in [0.1, 0.15) is 25.5 Å². The van der Waals surface area contributed by atoms with E-state index in [0.29, 0.717) is 37.8 Å². The lowest BCUT2D eigenvalue weighted by molar-refractivity contribution is 0.380. The summed E-state index contributed by atoms with van der Waals surface area (Å²) in [4.78, 5) is 13.3. The number of rotatable bonds is 5. The van der Waals surface area contributed by atoms with Crippen LogP contribution in [0.4, 0.5) is 11.6 Å². The number of piperidine rings is 1. The fraction of sp³-hybridized carbons (Fsp3) is 0.611. The molecule has 1 atom stereocenters. The molecular formula is C18H26N6O3S. The zero-order valence-corrected chi connectivity index (χ0v) is 16.9. The predicted molar refractivity (Wildman–Crippen MR) is 106 cm³/mol. The van der Waals surface area contributed by atoms with Gasteiger partial charge in [0.2, 0.25) is 10.0 Å². The van der Waals surface area contributed by atoms with Crippen molar-refractivity contribution in [2.45, 2.75) is 25.5 Å². The van der Waals surface area contributed by atoms with Crippen LogP contribution in [-0.2, 0) is 15.8 Å². The second-order valence-electron chi connectivity index (χ2n) is 7.56. The number of nitrogens with zero attached hydrogens (tertiary/aromatic N) is 6. The van der Waals surface area contributed by atoms with Gasteiger partial charge in [0, 0.05) is 51.4 Å². The van der Waals surface area contributed by atoms with Gasteiger partial charge >= 0.3 is 0 Å². The molecule has 4 heterocycles. The largest absolute Gasteiger partial charge is 0.364 e. The highest BCUT2D eigenvalue weighted by atomic mass is 32.2. The molecule has 1 unspecified atom stereocenters. The lowest BCUT2D eigenvalue weighted by atomic mass is 10.0. The van der Waals surface area contributed by atoms with Gasteiger partial charge in [-0.05, 0) is 18.8 Å². The molecule has 2 aromatic heterocycles. The first kappa shape index (κ1) is 19.1. The van der Waals surface area contributed by atoms with Gasteiger partial charge < -0.3 is 14.3 Å². The summed E-state index contributed by atoms with van der Waals surface area (Å²) in [6.07, 6.45) is 5.44. The number of hydrogen-bond acceptors (Lipinski definition) is 8. The van der Waals surface area contributed by atoms with Gasteiger partial charge in [0.25, 0.3) is 0 Å². The molecule has 0 spiro atoms. The lowest BCUT2D eigenvalue weighted by Crippen LogP contribution is -2.49. The molecular weight excluding hydrogens is 380 g/mol. The van der Waals surface area contributed by atoms with Crippen molar-refractivity contribution in [1.29, 1.82) is 0 Å². The van der Waals surface area contributed by atoms with Crippen LogP contribution < -0.4 is 9.80 Å². The molecule has 2 saturated heterocycles. The summed E-state index contributed by atoms with van der Waals surface area (Å²) in [5, 5.41) is 3.71. The standard InChI is InChI=1S/C18H26N6O3S/c1-15-3-2-5-23(12-15)18-11-17(19-14-20-18)22-6-8-24(9-7-22)28(25,26)13-16-4-10-27-21-16/h4,10-11,14-15H,2-3,5-9,12-13H2,1H3. The van der Waals surface area contributed by atoms with E-state index in [2.05, 4.69) is 31.8 Å². The van der Waals surface area contributed by atoms with Gasteiger partial charge in [-0.2, -0.15) is 4.31 Å². The molecule has 0 aliphatic carbocycles. The molecule has 2 aliphatic rings. The summed E-state index contributed by atoms with van der Waals surface area (Å²) in [7, 11) is -3.40. The van der Waals surface area contributed by atoms with Gasteiger partial charge in [0.05, 0.1) is 5.69 Å². The van der Waals surface area contributed by atoms with E-state index in [1.807, 2.05) is 6.07 Å². The molecule has 0 amide bonds. The van der Waals surface area contributed by atoms with Gasteiger partial charge in [0.15, 0.2) is 0 Å². The van der Waals surface area contributed by atoms with E-state index in [1.165, 1.54) is 23.4 Å². The fourth-order valence-corrected chi connectivity index (χ4v) is 5.29. The Kier molecular flexibility index (Phi) is 5.49. The topological polar surface area (TPSA) is 95.7 Å². The van der Waals surface area contributed by atoms with Crippen LogP contribution in [0.25, 0.3) is 0 Å². The van der Waals surface area contributed by atoms with Crippen LogP contribution in [-0.4, -0.2) is 67.1 Å². The molecule has 2 aromatic rings. The molecule has 152 valence electrons. The van der Waals surface area contributed by atoms with Crippen LogP contribution in [0.15, 0.2) is 29.2 Å². The highest BCUT2D eigenvalue weighted by Gasteiger charge is 2.29. The van der Waals surface area contributed by atoms with Crippen LogP contribution in [0, 0.1) is 5.92 Å². The number of sulfonamides is 1. The van der Waals surface area contributed by atoms with Crippen molar-refractivity contribution in [1.82, 2.24) is 19.4 Å². The molecule has 0 bridgehead atoms. The van der Waals surface area contributed by atoms with Crippen molar-refractivity contribution >= 4 is 21.7 Å². The Hall–Kier alpha value is -2.20. The zero-order valence-electron chi connectivity index (χ0n) is 16.1. The van der Waals surface area contributed by atoms with Crippen molar-refractivity contribution in [3.05, 3.63) is 30.4 Å². The number of anilines is 2. The summed E-state index contributed by atoms with van der Waals surface area (Å²) >= 11 is 0. The minimum absolute atomic E-state index is 0.131. The lowest BCUT2D eigenvalue weighted by Gasteiger charge is -2.35. The highest BCUT2D eigenvalue weighted by molar-refractivity contribution is 7.88. The smallest absolute Gasteiger partial charge is 0.220 e. The van der Waals surface area contributed by atoms with E-state index >= 15 is 0 Å². The van der Waals surface area contributed by atoms with Crippen molar-refractivity contribution in [2.75, 3.05) is 49.1 Å². The molecule has 2 aliphatic heterocycles. The first-order valence-electron chi connectivity index (χ1n) is 9.70. The Morgan fingerprint density at radius 1 is 1.11 bits per heavy atom. The first-order valence-corrected chi connectivity index (χ1v) is 11.3. The van der Waals surface area contributed by atoms with Crippen LogP contribution >= 0.6 is 0 Å². The Labute approximate surface area is 165 Å². The molecule has 0 radical (unpaired) electrons. The Bertz CT molecular complexity index is 880. The first-order chi connectivity index (χ1) is 13.5. The summed E-state index contributed by atoms with van der Waals surface area (Å²) in [5.74, 6) is 2.36. The van der Waals surface area contributed by atoms with E-state index in [4.69, 9.17) is 4.52 Å². The third-order valence-electron chi connectivity index (χ3n) is 5.40. The maximum atomic E-state index is 12.6. The zero-order chi connectivity index (χ0) is 19.6. The Balaban J connectivity index is 1.39. The van der Waals surface area contributed by atoms with Gasteiger partial charge in [0.1, 0.15) is 30.0 Å². The van der Waals surface area contributed by atoms with Crippen LogP contribution in [0.3, 0.4) is 0 Å². The number of aromatic nitrogens is 3. The van der Waals surface area contributed by atoms with Crippen LogP contribution in [0.2, 0.25) is 0 Å². The third-order valence-corrected chi connectivity index (χ3v) is 7.21. The normalized spacial score (nSPS) is 21.8. The van der Waals surface area contributed by atoms with E-state index in [9.17, 15) is 8.42 Å². The molecule has 4 rings (SSSR count). The molecule has 10 heteroatoms. The van der Waals surface area contributed by atoms with Gasteiger partial charge in [-0.25, -0.2) is 18.4 Å². The summed E-state index contributed by atoms with van der Waals surface area (Å²) in [6, 6.07) is 3.61. The second-order valence-corrected chi connectivity index (χ2v) is 9.53. The van der Waals surface area contributed by atoms with E-state index in [0.717, 1.165) is 24.7 Å². The number of piperazine rings is 1. The predicted octanol–water partition coefficient (Wildman–Crippen LogP) is 1.35. The Morgan fingerprint density at radius 3 is 2.54 bits per heavy atom. The minimum atomic E-state index is -3.40. The monoisotopic (exact) mass is 406 g/mol. The molecule has 9 nitrogen and oxygen atoms in total. The quantitative estimate of drug-likeness (QED) is 0.734. The van der Waals surface area contributed by atoms with Gasteiger partial charge in [-0.1, -0.05) is 12.1 Å². The average Bonchev–Trinajstić information content (AvgIpc) is 3.20. The molecule has 0 aromatic carbocycles. The fourth-order valence-electron chi connectivity index (χ4n) is 3.87. The van der Waals surface area contributed by atoms with Crippen molar-refractivity contribution < 1.29 is 12.9 Å². The molecule has 2 fully saturated rings. The van der Waals surface area contributed by atoms with E-state index < -0.39 is 10.0 Å². The minimum Gasteiger partial charge on any atom is -0.364 e. The third kappa shape index (κ3) is 4.27. The number of hydrogen-bond donors (Lipinski definition) is 0. The average molecular weight is 407 g/mol. The van der Waals surface area contributed by atoms with E-state index in [1.54, 1.807) is 12.4 Å². The van der Waals surface area contributed by atoms with Gasteiger partial charge in [-0.3, -0.25) is 0 Å². The van der Waals surface area contributed by atoms with Crippen LogP contribution in [0.5, 0.6) is 0 Å². The summed E-state index contributed by atoms with van der Waals surface area (Å²) < 4.78 is 31.4. The molecule has 0 saturated carbocycles. The second kappa shape index (κ2) is 8.04. The van der Waals surface area contributed by atoms with Crippen molar-refractivity contribution in [3.63, 3.8) is 0 Å². The maximum absolute atomic E-state index is 12.6. The van der Waals surface area contributed by atoms with Crippen molar-refractivity contribution in [3.8, 4) is 0 Å². The highest BCUT2D eigenvalue weighted by Crippen LogP contribution is 2.24. The van der Waals surface area contributed by atoms with Crippen molar-refractivity contribution in [2.24, 2.45) is 5.92 Å². The summed E-state index contributed by atoms with van der Waals surface area (Å²) in [6.45, 7) is 6.38. The molecule has 0 N–H and O–H groups in total. The summed E-state index contributed by atoms with van der Waals surface area (Å²) in [5.41, 5.74) is 0.429. The maximum Gasteiger partial charge on any atom is 0.220 e. The van der Waals surface area contributed by atoms with E-state index in [-0.39, 0.29) is 5.75 Å². The van der Waals surface area contributed by atoms with Gasteiger partial charge in [-0.15, -0.1) is 0 Å².